The Hall–Kier alpha value is -2.59. The van der Waals surface area contributed by atoms with Gasteiger partial charge in [-0.15, -0.1) is 0 Å². The Labute approximate surface area is 157 Å². The standard InChI is InChI=1S/C21H20ClNO3/c1-2-3-13-23-18(14-9-11-16(22)12-10-14)17(20(25)21(23)26)19(24)15-7-5-4-6-8-15/h4-12,18,24H,2-3,13H2,1H3. The summed E-state index contributed by atoms with van der Waals surface area (Å²) in [6, 6.07) is 15.2. The van der Waals surface area contributed by atoms with Crippen molar-refractivity contribution in [2.45, 2.75) is 25.8 Å². The quantitative estimate of drug-likeness (QED) is 0.477. The van der Waals surface area contributed by atoms with E-state index in [0.29, 0.717) is 17.1 Å². The summed E-state index contributed by atoms with van der Waals surface area (Å²) in [6.45, 7) is 2.48. The molecule has 134 valence electrons. The van der Waals surface area contributed by atoms with Gasteiger partial charge in [-0.3, -0.25) is 9.59 Å². The van der Waals surface area contributed by atoms with Gasteiger partial charge in [0.2, 0.25) is 0 Å². The van der Waals surface area contributed by atoms with Gasteiger partial charge in [-0.25, -0.2) is 0 Å². The van der Waals surface area contributed by atoms with Crippen molar-refractivity contribution in [2.24, 2.45) is 0 Å². The third-order valence-electron chi connectivity index (χ3n) is 4.53. The molecular weight excluding hydrogens is 350 g/mol. The van der Waals surface area contributed by atoms with Crippen molar-refractivity contribution in [3.63, 3.8) is 0 Å². The molecule has 4 nitrogen and oxygen atoms in total. The van der Waals surface area contributed by atoms with Crippen molar-refractivity contribution in [3.8, 4) is 0 Å². The fraction of sp³-hybridized carbons (Fsp3) is 0.238. The summed E-state index contributed by atoms with van der Waals surface area (Å²) in [5, 5.41) is 11.4. The molecule has 0 spiro atoms. The minimum absolute atomic E-state index is 0.125. The average molecular weight is 370 g/mol. The Morgan fingerprint density at radius 1 is 1.08 bits per heavy atom. The highest BCUT2D eigenvalue weighted by Gasteiger charge is 2.45. The second-order valence-corrected chi connectivity index (χ2v) is 6.70. The SMILES string of the molecule is CCCCN1C(=O)C(=O)C(=C(O)c2ccccc2)C1c1ccc(Cl)cc1. The van der Waals surface area contributed by atoms with Crippen LogP contribution in [0.2, 0.25) is 5.02 Å². The van der Waals surface area contributed by atoms with Crippen molar-refractivity contribution in [1.82, 2.24) is 4.90 Å². The topological polar surface area (TPSA) is 57.6 Å². The molecular formula is C21H20ClNO3. The normalized spacial score (nSPS) is 19.2. The van der Waals surface area contributed by atoms with Gasteiger partial charge in [0, 0.05) is 17.1 Å². The summed E-state index contributed by atoms with van der Waals surface area (Å²) in [7, 11) is 0. The summed E-state index contributed by atoms with van der Waals surface area (Å²) in [5.41, 5.74) is 1.39. The fourth-order valence-electron chi connectivity index (χ4n) is 3.18. The van der Waals surface area contributed by atoms with Crippen LogP contribution in [0.5, 0.6) is 0 Å². The van der Waals surface area contributed by atoms with Crippen LogP contribution < -0.4 is 0 Å². The molecule has 0 bridgehead atoms. The Bertz CT molecular complexity index is 843. The molecule has 1 aliphatic heterocycles. The van der Waals surface area contributed by atoms with Crippen LogP contribution in [0.25, 0.3) is 5.76 Å². The van der Waals surface area contributed by atoms with Crippen molar-refractivity contribution in [2.75, 3.05) is 6.54 Å². The van der Waals surface area contributed by atoms with E-state index < -0.39 is 17.7 Å². The number of aliphatic hydroxyl groups is 1. The maximum Gasteiger partial charge on any atom is 0.295 e. The van der Waals surface area contributed by atoms with Crippen molar-refractivity contribution in [1.29, 1.82) is 0 Å². The monoisotopic (exact) mass is 369 g/mol. The fourth-order valence-corrected chi connectivity index (χ4v) is 3.31. The van der Waals surface area contributed by atoms with Crippen LogP contribution in [0.4, 0.5) is 0 Å². The van der Waals surface area contributed by atoms with Crippen molar-refractivity contribution < 1.29 is 14.7 Å². The predicted molar refractivity (Wildman–Crippen MR) is 102 cm³/mol. The van der Waals surface area contributed by atoms with E-state index in [1.807, 2.05) is 13.0 Å². The van der Waals surface area contributed by atoms with Gasteiger partial charge in [-0.2, -0.15) is 0 Å². The summed E-state index contributed by atoms with van der Waals surface area (Å²) < 4.78 is 0. The van der Waals surface area contributed by atoms with Crippen LogP contribution in [0.1, 0.15) is 36.9 Å². The van der Waals surface area contributed by atoms with Gasteiger partial charge in [0.05, 0.1) is 11.6 Å². The molecule has 1 unspecified atom stereocenters. The first kappa shape index (κ1) is 18.2. The minimum Gasteiger partial charge on any atom is -0.507 e. The molecule has 3 rings (SSSR count). The third-order valence-corrected chi connectivity index (χ3v) is 4.78. The number of hydrogen-bond donors (Lipinski definition) is 1. The van der Waals surface area contributed by atoms with Crippen LogP contribution >= 0.6 is 11.6 Å². The molecule has 1 saturated heterocycles. The molecule has 1 aliphatic rings. The number of carbonyl (C=O) groups excluding carboxylic acids is 2. The number of carbonyl (C=O) groups is 2. The van der Waals surface area contributed by atoms with Crippen LogP contribution in [0.3, 0.4) is 0 Å². The number of hydrogen-bond acceptors (Lipinski definition) is 3. The highest BCUT2D eigenvalue weighted by Crippen LogP contribution is 2.39. The zero-order valence-electron chi connectivity index (χ0n) is 14.5. The lowest BCUT2D eigenvalue weighted by molar-refractivity contribution is -0.139. The number of unbranched alkanes of at least 4 members (excludes halogenated alkanes) is 1. The summed E-state index contributed by atoms with van der Waals surface area (Å²) in [6.07, 6.45) is 1.68. The van der Waals surface area contributed by atoms with Gasteiger partial charge >= 0.3 is 0 Å². The van der Waals surface area contributed by atoms with E-state index in [9.17, 15) is 14.7 Å². The number of benzene rings is 2. The Morgan fingerprint density at radius 2 is 1.73 bits per heavy atom. The van der Waals surface area contributed by atoms with Gasteiger partial charge in [0.25, 0.3) is 11.7 Å². The molecule has 1 fully saturated rings. The zero-order valence-corrected chi connectivity index (χ0v) is 15.2. The van der Waals surface area contributed by atoms with E-state index in [1.54, 1.807) is 53.4 Å². The van der Waals surface area contributed by atoms with E-state index in [2.05, 4.69) is 0 Å². The van der Waals surface area contributed by atoms with E-state index in [-0.39, 0.29) is 11.3 Å². The number of likely N-dealkylation sites (tertiary alicyclic amines) is 1. The predicted octanol–water partition coefficient (Wildman–Crippen LogP) is 4.56. The van der Waals surface area contributed by atoms with Crippen molar-refractivity contribution >= 4 is 29.1 Å². The number of rotatable bonds is 5. The first-order valence-corrected chi connectivity index (χ1v) is 9.01. The molecule has 0 aromatic heterocycles. The molecule has 5 heteroatoms. The Morgan fingerprint density at radius 3 is 2.35 bits per heavy atom. The number of Topliss-reactive ketones (excluding diaryl/α,β-unsaturated/α-hetero) is 1. The molecule has 0 saturated carbocycles. The van der Waals surface area contributed by atoms with Crippen LogP contribution in [0.15, 0.2) is 60.2 Å². The number of nitrogens with zero attached hydrogens (tertiary/aromatic N) is 1. The van der Waals surface area contributed by atoms with Gasteiger partial charge in [0.1, 0.15) is 5.76 Å². The zero-order chi connectivity index (χ0) is 18.7. The minimum atomic E-state index is -0.651. The molecule has 26 heavy (non-hydrogen) atoms. The first-order valence-electron chi connectivity index (χ1n) is 8.64. The molecule has 1 amide bonds. The van der Waals surface area contributed by atoms with Gasteiger partial charge in [-0.1, -0.05) is 67.4 Å². The van der Waals surface area contributed by atoms with Crippen LogP contribution in [-0.4, -0.2) is 28.2 Å². The number of aliphatic hydroxyl groups excluding tert-OH is 1. The molecule has 2 aromatic rings. The first-order chi connectivity index (χ1) is 12.5. The third kappa shape index (κ3) is 3.37. The average Bonchev–Trinajstić information content (AvgIpc) is 2.91. The maximum atomic E-state index is 12.7. The molecule has 0 radical (unpaired) electrons. The highest BCUT2D eigenvalue weighted by atomic mass is 35.5. The summed E-state index contributed by atoms with van der Waals surface area (Å²) >= 11 is 5.98. The van der Waals surface area contributed by atoms with Gasteiger partial charge in [-0.05, 0) is 24.1 Å². The molecule has 1 atom stereocenters. The lowest BCUT2D eigenvalue weighted by Crippen LogP contribution is -2.30. The molecule has 1 heterocycles. The van der Waals surface area contributed by atoms with Crippen LogP contribution in [0, 0.1) is 0 Å². The molecule has 0 aliphatic carbocycles. The summed E-state index contributed by atoms with van der Waals surface area (Å²) in [4.78, 5) is 26.9. The van der Waals surface area contributed by atoms with E-state index in [1.165, 1.54) is 0 Å². The molecule has 1 N–H and O–H groups in total. The van der Waals surface area contributed by atoms with Gasteiger partial charge < -0.3 is 10.0 Å². The van der Waals surface area contributed by atoms with E-state index >= 15 is 0 Å². The molecule has 2 aromatic carbocycles. The second kappa shape index (κ2) is 7.75. The second-order valence-electron chi connectivity index (χ2n) is 6.26. The summed E-state index contributed by atoms with van der Waals surface area (Å²) in [5.74, 6) is -1.37. The van der Waals surface area contributed by atoms with Gasteiger partial charge in [0.15, 0.2) is 0 Å². The van der Waals surface area contributed by atoms with Crippen LogP contribution in [-0.2, 0) is 9.59 Å². The lowest BCUT2D eigenvalue weighted by atomic mass is 9.95. The highest BCUT2D eigenvalue weighted by molar-refractivity contribution is 6.46. The van der Waals surface area contributed by atoms with E-state index in [0.717, 1.165) is 18.4 Å². The number of halogens is 1. The Kier molecular flexibility index (Phi) is 5.43. The smallest absolute Gasteiger partial charge is 0.295 e. The lowest BCUT2D eigenvalue weighted by Gasteiger charge is -2.25. The van der Waals surface area contributed by atoms with E-state index in [4.69, 9.17) is 11.6 Å². The maximum absolute atomic E-state index is 12.7. The Balaban J connectivity index is 2.15. The largest absolute Gasteiger partial charge is 0.507 e. The number of amides is 1. The van der Waals surface area contributed by atoms with Crippen molar-refractivity contribution in [3.05, 3.63) is 76.3 Å². The number of ketones is 1.